The summed E-state index contributed by atoms with van der Waals surface area (Å²) in [6.45, 7) is 0.570. The lowest BCUT2D eigenvalue weighted by Crippen LogP contribution is -2.42. The van der Waals surface area contributed by atoms with Crippen LogP contribution in [0.15, 0.2) is 22.1 Å². The lowest BCUT2D eigenvalue weighted by Gasteiger charge is -2.20. The molecule has 0 aliphatic rings. The SMILES string of the molecule is CN(C)CC#Cc1csc(-c2cnc(C(O)(O)C(F)(F)F)o2)c1. The molecule has 9 heteroatoms. The predicted molar refractivity (Wildman–Crippen MR) is 77.4 cm³/mol. The van der Waals surface area contributed by atoms with Crippen LogP contribution in [0.4, 0.5) is 13.2 Å². The van der Waals surface area contributed by atoms with Crippen LogP contribution in [0.2, 0.25) is 0 Å². The molecule has 0 unspecified atom stereocenters. The van der Waals surface area contributed by atoms with Crippen molar-refractivity contribution in [2.24, 2.45) is 0 Å². The zero-order chi connectivity index (χ0) is 17.3. The van der Waals surface area contributed by atoms with Gasteiger partial charge in [-0.1, -0.05) is 11.8 Å². The van der Waals surface area contributed by atoms with E-state index in [1.165, 1.54) is 11.3 Å². The van der Waals surface area contributed by atoms with Gasteiger partial charge in [0.05, 0.1) is 17.6 Å². The highest BCUT2D eigenvalue weighted by atomic mass is 32.1. The fourth-order valence-electron chi connectivity index (χ4n) is 1.50. The Morgan fingerprint density at radius 2 is 2.04 bits per heavy atom. The van der Waals surface area contributed by atoms with Gasteiger partial charge in [0.1, 0.15) is 0 Å². The highest BCUT2D eigenvalue weighted by molar-refractivity contribution is 7.13. The third-order valence-electron chi connectivity index (χ3n) is 2.67. The first kappa shape index (κ1) is 17.5. The van der Waals surface area contributed by atoms with E-state index < -0.39 is 17.9 Å². The molecule has 0 aliphatic carbocycles. The van der Waals surface area contributed by atoms with Gasteiger partial charge in [0.25, 0.3) is 5.89 Å². The van der Waals surface area contributed by atoms with Crippen molar-refractivity contribution in [1.29, 1.82) is 0 Å². The second-order valence-corrected chi connectivity index (χ2v) is 5.85. The minimum Gasteiger partial charge on any atom is -0.434 e. The van der Waals surface area contributed by atoms with Crippen LogP contribution in [0.3, 0.4) is 0 Å². The number of hydrogen-bond donors (Lipinski definition) is 2. The molecule has 5 nitrogen and oxygen atoms in total. The minimum atomic E-state index is -5.31. The molecule has 23 heavy (non-hydrogen) atoms. The van der Waals surface area contributed by atoms with E-state index in [0.717, 1.165) is 6.20 Å². The predicted octanol–water partition coefficient (Wildman–Crippen LogP) is 2.02. The van der Waals surface area contributed by atoms with Crippen molar-refractivity contribution >= 4 is 11.3 Å². The first-order valence-corrected chi connectivity index (χ1v) is 7.19. The van der Waals surface area contributed by atoms with Crippen LogP contribution < -0.4 is 0 Å². The van der Waals surface area contributed by atoms with E-state index in [-0.39, 0.29) is 5.76 Å². The molecule has 0 radical (unpaired) electrons. The molecule has 2 rings (SSSR count). The Hall–Kier alpha value is -1.86. The van der Waals surface area contributed by atoms with Gasteiger partial charge in [0.15, 0.2) is 5.76 Å². The lowest BCUT2D eigenvalue weighted by molar-refractivity contribution is -0.366. The van der Waals surface area contributed by atoms with Gasteiger partial charge in [-0.15, -0.1) is 11.3 Å². The number of aliphatic hydroxyl groups is 2. The van der Waals surface area contributed by atoms with E-state index >= 15 is 0 Å². The van der Waals surface area contributed by atoms with Crippen LogP contribution in [0.1, 0.15) is 11.5 Å². The van der Waals surface area contributed by atoms with E-state index in [1.54, 1.807) is 11.4 Å². The number of nitrogens with zero attached hydrogens (tertiary/aromatic N) is 2. The Kier molecular flexibility index (Phi) is 4.81. The Morgan fingerprint density at radius 3 is 2.65 bits per heavy atom. The number of rotatable bonds is 3. The average Bonchev–Trinajstić information content (AvgIpc) is 3.05. The molecule has 0 bridgehead atoms. The molecular formula is C14H13F3N2O3S. The summed E-state index contributed by atoms with van der Waals surface area (Å²) >= 11 is 1.20. The number of hydrogen-bond acceptors (Lipinski definition) is 6. The molecule has 0 saturated carbocycles. The Bertz CT molecular complexity index is 738. The topological polar surface area (TPSA) is 69.7 Å². The quantitative estimate of drug-likeness (QED) is 0.657. The third-order valence-corrected chi connectivity index (χ3v) is 3.61. The van der Waals surface area contributed by atoms with Gasteiger partial charge in [-0.05, 0) is 20.2 Å². The van der Waals surface area contributed by atoms with Crippen molar-refractivity contribution in [3.63, 3.8) is 0 Å². The van der Waals surface area contributed by atoms with Gasteiger partial charge >= 0.3 is 12.0 Å². The van der Waals surface area contributed by atoms with Crippen LogP contribution in [0.5, 0.6) is 0 Å². The Morgan fingerprint density at radius 1 is 1.35 bits per heavy atom. The average molecular weight is 346 g/mol. The maximum absolute atomic E-state index is 12.5. The number of thiophene rings is 1. The van der Waals surface area contributed by atoms with Crippen LogP contribution in [0, 0.1) is 11.8 Å². The summed E-state index contributed by atoms with van der Waals surface area (Å²) in [6.07, 6.45) is -4.31. The molecular weight excluding hydrogens is 333 g/mol. The lowest BCUT2D eigenvalue weighted by atomic mass is 10.3. The van der Waals surface area contributed by atoms with E-state index in [2.05, 4.69) is 16.8 Å². The zero-order valence-electron chi connectivity index (χ0n) is 12.2. The Labute approximate surface area is 134 Å². The number of oxazole rings is 1. The van der Waals surface area contributed by atoms with Gasteiger partial charge in [-0.3, -0.25) is 4.90 Å². The molecule has 2 heterocycles. The summed E-state index contributed by atoms with van der Waals surface area (Å²) < 4.78 is 42.4. The van der Waals surface area contributed by atoms with Crippen molar-refractivity contribution in [3.05, 3.63) is 29.1 Å². The van der Waals surface area contributed by atoms with Crippen LogP contribution >= 0.6 is 11.3 Å². The van der Waals surface area contributed by atoms with E-state index in [0.29, 0.717) is 17.0 Å². The summed E-state index contributed by atoms with van der Waals surface area (Å²) in [5.41, 5.74) is 0.680. The Balaban J connectivity index is 2.21. The minimum absolute atomic E-state index is 0.00221. The van der Waals surface area contributed by atoms with Gasteiger partial charge in [0.2, 0.25) is 0 Å². The van der Waals surface area contributed by atoms with Crippen LogP contribution in [0.25, 0.3) is 10.6 Å². The van der Waals surface area contributed by atoms with Crippen molar-refractivity contribution < 1.29 is 27.8 Å². The second-order valence-electron chi connectivity index (χ2n) is 4.94. The summed E-state index contributed by atoms with van der Waals surface area (Å²) in [5, 5.41) is 19.9. The summed E-state index contributed by atoms with van der Waals surface area (Å²) in [6, 6.07) is 1.63. The summed E-state index contributed by atoms with van der Waals surface area (Å²) in [5.74, 6) is 0.474. The smallest absolute Gasteiger partial charge is 0.434 e. The van der Waals surface area contributed by atoms with Gasteiger partial charge in [0, 0.05) is 10.9 Å². The maximum Gasteiger partial charge on any atom is 0.453 e. The zero-order valence-corrected chi connectivity index (χ0v) is 13.0. The molecule has 0 spiro atoms. The largest absolute Gasteiger partial charge is 0.453 e. The van der Waals surface area contributed by atoms with Crippen LogP contribution in [-0.2, 0) is 5.79 Å². The normalized spacial score (nSPS) is 12.3. The highest BCUT2D eigenvalue weighted by Crippen LogP contribution is 2.38. The van der Waals surface area contributed by atoms with Gasteiger partial charge < -0.3 is 14.6 Å². The van der Waals surface area contributed by atoms with Crippen LogP contribution in [-0.4, -0.2) is 46.9 Å². The maximum atomic E-state index is 12.5. The molecule has 0 amide bonds. The summed E-state index contributed by atoms with van der Waals surface area (Å²) in [4.78, 5) is 5.68. The molecule has 0 saturated heterocycles. The molecule has 0 atom stereocenters. The second kappa shape index (κ2) is 6.33. The monoisotopic (exact) mass is 346 g/mol. The first-order chi connectivity index (χ1) is 10.6. The molecule has 0 aliphatic heterocycles. The number of alkyl halides is 3. The highest BCUT2D eigenvalue weighted by Gasteiger charge is 2.58. The van der Waals surface area contributed by atoms with Crippen molar-refractivity contribution in [2.45, 2.75) is 12.0 Å². The molecule has 2 N–H and O–H groups in total. The fourth-order valence-corrected chi connectivity index (χ4v) is 2.29. The van der Waals surface area contributed by atoms with Crippen molar-refractivity contribution in [2.75, 3.05) is 20.6 Å². The standard InChI is InChI=1S/C14H13F3N2O3S/c1-19(2)5-3-4-9-6-11(23-8-9)10-7-18-12(22-10)13(20,21)14(15,16)17/h6-8,20-21H,5H2,1-2H3. The third kappa shape index (κ3) is 3.92. The molecule has 124 valence electrons. The molecule has 2 aromatic rings. The molecule has 2 aromatic heterocycles. The molecule has 0 fully saturated rings. The summed E-state index contributed by atoms with van der Waals surface area (Å²) in [7, 11) is 3.75. The van der Waals surface area contributed by atoms with Gasteiger partial charge in [-0.2, -0.15) is 13.2 Å². The van der Waals surface area contributed by atoms with E-state index in [1.807, 2.05) is 19.0 Å². The fraction of sp³-hybridized carbons (Fsp3) is 0.357. The van der Waals surface area contributed by atoms with Gasteiger partial charge in [-0.25, -0.2) is 4.98 Å². The molecule has 0 aromatic carbocycles. The number of aromatic nitrogens is 1. The van der Waals surface area contributed by atoms with E-state index in [9.17, 15) is 13.2 Å². The first-order valence-electron chi connectivity index (χ1n) is 6.31. The van der Waals surface area contributed by atoms with E-state index in [4.69, 9.17) is 14.6 Å². The van der Waals surface area contributed by atoms with Crippen molar-refractivity contribution in [3.8, 4) is 22.5 Å². The van der Waals surface area contributed by atoms with Crippen molar-refractivity contribution in [1.82, 2.24) is 9.88 Å². The number of halogens is 3.